The van der Waals surface area contributed by atoms with Crippen molar-refractivity contribution >= 4 is 23.5 Å². The molecule has 0 atom stereocenters. The van der Waals surface area contributed by atoms with Crippen LogP contribution < -0.4 is 10.1 Å². The van der Waals surface area contributed by atoms with Gasteiger partial charge in [-0.15, -0.1) is 0 Å². The molecule has 0 spiro atoms. The first-order chi connectivity index (χ1) is 5.02. The molecule has 0 aliphatic rings. The standard InChI is InChI=1S/C8H12AsNO/c1-9(2,11)7-5-3-4-6-8(7)10/h3-6H,10H2,1-2H3. The van der Waals surface area contributed by atoms with Gasteiger partial charge >= 0.3 is 68.7 Å². The zero-order valence-corrected chi connectivity index (χ0v) is 8.62. The molecule has 2 nitrogen and oxygen atoms in total. The molecule has 1 rings (SSSR count). The summed E-state index contributed by atoms with van der Waals surface area (Å²) in [6.07, 6.45) is 0. The first kappa shape index (κ1) is 8.47. The topological polar surface area (TPSA) is 43.1 Å². The van der Waals surface area contributed by atoms with Crippen molar-refractivity contribution in [3.63, 3.8) is 0 Å². The number of anilines is 1. The summed E-state index contributed by atoms with van der Waals surface area (Å²) in [5.74, 6) is 0. The van der Waals surface area contributed by atoms with Gasteiger partial charge in [-0.05, 0) is 0 Å². The molecule has 2 N–H and O–H groups in total. The molecule has 1 aromatic rings. The van der Waals surface area contributed by atoms with Crippen LogP contribution in [0.4, 0.5) is 5.69 Å². The van der Waals surface area contributed by atoms with E-state index in [0.29, 0.717) is 5.69 Å². The fraction of sp³-hybridized carbons (Fsp3) is 0.250. The molecular formula is C8H12AsNO. The summed E-state index contributed by atoms with van der Waals surface area (Å²) in [4.78, 5) is 0. The summed E-state index contributed by atoms with van der Waals surface area (Å²) < 4.78 is 12.5. The number of hydrogen-bond acceptors (Lipinski definition) is 2. The van der Waals surface area contributed by atoms with Crippen molar-refractivity contribution < 1.29 is 3.74 Å². The fourth-order valence-electron chi connectivity index (χ4n) is 0.978. The Kier molecular flexibility index (Phi) is 2.14. The van der Waals surface area contributed by atoms with Crippen molar-refractivity contribution in [2.24, 2.45) is 0 Å². The van der Waals surface area contributed by atoms with Gasteiger partial charge in [0.1, 0.15) is 0 Å². The molecule has 0 aromatic heterocycles. The molecule has 0 radical (unpaired) electrons. The number of hydrogen-bond donors (Lipinski definition) is 1. The second-order valence-electron chi connectivity index (χ2n) is 2.91. The van der Waals surface area contributed by atoms with Crippen molar-refractivity contribution in [1.82, 2.24) is 0 Å². The summed E-state index contributed by atoms with van der Waals surface area (Å²) >= 11 is -2.78. The van der Waals surface area contributed by atoms with E-state index in [-0.39, 0.29) is 0 Å². The molecule has 0 fully saturated rings. The van der Waals surface area contributed by atoms with Crippen LogP contribution in [0.5, 0.6) is 0 Å². The molecule has 3 heteroatoms. The molecule has 0 amide bonds. The molecular weight excluding hydrogens is 201 g/mol. The van der Waals surface area contributed by atoms with Gasteiger partial charge < -0.3 is 0 Å². The molecule has 0 saturated heterocycles. The number of para-hydroxylation sites is 1. The molecule has 0 bridgehead atoms. The third kappa shape index (κ3) is 1.90. The molecule has 1 aromatic carbocycles. The van der Waals surface area contributed by atoms with Crippen LogP contribution in [-0.2, 0) is 3.74 Å². The Bertz CT molecular complexity index is 303. The first-order valence-corrected chi connectivity index (χ1v) is 8.87. The Morgan fingerprint density at radius 1 is 1.27 bits per heavy atom. The minimum atomic E-state index is -2.78. The van der Waals surface area contributed by atoms with Crippen LogP contribution in [0.2, 0.25) is 11.4 Å². The van der Waals surface area contributed by atoms with Gasteiger partial charge in [0.25, 0.3) is 0 Å². The molecule has 0 saturated carbocycles. The average molecular weight is 213 g/mol. The van der Waals surface area contributed by atoms with E-state index in [9.17, 15) is 3.74 Å². The summed E-state index contributed by atoms with van der Waals surface area (Å²) in [6.45, 7) is 0. The number of benzene rings is 1. The third-order valence-electron chi connectivity index (χ3n) is 1.52. The fourth-order valence-corrected chi connectivity index (χ4v) is 3.37. The van der Waals surface area contributed by atoms with E-state index in [4.69, 9.17) is 5.73 Å². The van der Waals surface area contributed by atoms with Crippen LogP contribution >= 0.6 is 0 Å². The Morgan fingerprint density at radius 3 is 2.18 bits per heavy atom. The van der Waals surface area contributed by atoms with Crippen LogP contribution in [0.3, 0.4) is 0 Å². The van der Waals surface area contributed by atoms with Gasteiger partial charge in [0.15, 0.2) is 0 Å². The average Bonchev–Trinajstić information content (AvgIpc) is 1.86. The van der Waals surface area contributed by atoms with Gasteiger partial charge in [-0.3, -0.25) is 0 Å². The molecule has 11 heavy (non-hydrogen) atoms. The van der Waals surface area contributed by atoms with E-state index in [2.05, 4.69) is 0 Å². The van der Waals surface area contributed by atoms with Crippen molar-refractivity contribution in [3.05, 3.63) is 24.3 Å². The predicted molar refractivity (Wildman–Crippen MR) is 48.7 cm³/mol. The van der Waals surface area contributed by atoms with E-state index in [0.717, 1.165) is 4.35 Å². The Labute approximate surface area is 69.1 Å². The summed E-state index contributed by atoms with van der Waals surface area (Å²) in [6, 6.07) is 7.35. The van der Waals surface area contributed by atoms with Crippen LogP contribution in [0.25, 0.3) is 0 Å². The summed E-state index contributed by atoms with van der Waals surface area (Å²) in [7, 11) is 0. The maximum absolute atomic E-state index is 11.6. The third-order valence-corrected chi connectivity index (χ3v) is 4.81. The zero-order valence-electron chi connectivity index (χ0n) is 6.74. The van der Waals surface area contributed by atoms with Gasteiger partial charge in [0.05, 0.1) is 0 Å². The van der Waals surface area contributed by atoms with Crippen LogP contribution in [-0.4, -0.2) is 13.5 Å². The molecule has 0 aliphatic carbocycles. The van der Waals surface area contributed by atoms with Gasteiger partial charge in [-0.2, -0.15) is 0 Å². The van der Waals surface area contributed by atoms with Crippen molar-refractivity contribution in [2.45, 2.75) is 11.4 Å². The van der Waals surface area contributed by atoms with Crippen LogP contribution in [0.1, 0.15) is 0 Å². The van der Waals surface area contributed by atoms with Crippen molar-refractivity contribution in [1.29, 1.82) is 0 Å². The summed E-state index contributed by atoms with van der Waals surface area (Å²) in [5.41, 5.74) is 9.87. The molecule has 0 unspecified atom stereocenters. The molecule has 0 aliphatic heterocycles. The SMILES string of the molecule is C[As](C)(=O)c1ccccc1N. The Hall–Kier alpha value is -0.622. The Morgan fingerprint density at radius 2 is 1.82 bits per heavy atom. The van der Waals surface area contributed by atoms with E-state index in [1.807, 2.05) is 18.2 Å². The quantitative estimate of drug-likeness (QED) is 0.561. The normalized spacial score (nSPS) is 11.5. The predicted octanol–water partition coefficient (Wildman–Crippen LogP) is 1.11. The van der Waals surface area contributed by atoms with Crippen molar-refractivity contribution in [3.8, 4) is 0 Å². The van der Waals surface area contributed by atoms with Crippen LogP contribution in [0, 0.1) is 0 Å². The first-order valence-electron chi connectivity index (χ1n) is 3.42. The number of nitrogen functional groups attached to an aromatic ring is 1. The second kappa shape index (κ2) is 2.78. The molecule has 60 valence electrons. The van der Waals surface area contributed by atoms with Crippen LogP contribution in [0.15, 0.2) is 24.3 Å². The van der Waals surface area contributed by atoms with Gasteiger partial charge in [0.2, 0.25) is 0 Å². The second-order valence-corrected chi connectivity index (χ2v) is 9.59. The van der Waals surface area contributed by atoms with E-state index in [1.165, 1.54) is 0 Å². The van der Waals surface area contributed by atoms with Gasteiger partial charge in [0, 0.05) is 0 Å². The molecule has 0 heterocycles. The monoisotopic (exact) mass is 213 g/mol. The van der Waals surface area contributed by atoms with Gasteiger partial charge in [-0.1, -0.05) is 0 Å². The maximum atomic E-state index is 11.6. The zero-order chi connectivity index (χ0) is 8.48. The van der Waals surface area contributed by atoms with E-state index >= 15 is 0 Å². The Balaban J connectivity index is 3.25. The van der Waals surface area contributed by atoms with E-state index < -0.39 is 13.5 Å². The summed E-state index contributed by atoms with van der Waals surface area (Å²) in [5, 5.41) is 0. The van der Waals surface area contributed by atoms with Crippen molar-refractivity contribution in [2.75, 3.05) is 5.73 Å². The van der Waals surface area contributed by atoms with E-state index in [1.54, 1.807) is 17.5 Å². The minimum absolute atomic E-state index is 0.653. The number of nitrogens with two attached hydrogens (primary N) is 1. The number of rotatable bonds is 1. The van der Waals surface area contributed by atoms with Gasteiger partial charge in [-0.25, -0.2) is 0 Å².